The van der Waals surface area contributed by atoms with Crippen molar-refractivity contribution >= 4 is 5.91 Å². The van der Waals surface area contributed by atoms with Crippen LogP contribution >= 0.6 is 0 Å². The van der Waals surface area contributed by atoms with E-state index in [1.165, 1.54) is 0 Å². The second-order valence-corrected chi connectivity index (χ2v) is 4.66. The Hall–Kier alpha value is -1.55. The molecule has 0 spiro atoms. The Labute approximate surface area is 109 Å². The molecule has 18 heavy (non-hydrogen) atoms. The lowest BCUT2D eigenvalue weighted by Crippen LogP contribution is -2.44. The van der Waals surface area contributed by atoms with E-state index in [1.807, 2.05) is 38.1 Å². The molecule has 0 aromatic heterocycles. The molecule has 0 fully saturated rings. The van der Waals surface area contributed by atoms with Crippen molar-refractivity contribution in [3.05, 3.63) is 29.8 Å². The molecule has 100 valence electrons. The van der Waals surface area contributed by atoms with Gasteiger partial charge < -0.3 is 15.8 Å². The number of hydrogen-bond acceptors (Lipinski definition) is 3. The minimum atomic E-state index is -0.430. The van der Waals surface area contributed by atoms with Gasteiger partial charge in [-0.3, -0.25) is 4.79 Å². The molecule has 1 amide bonds. The average molecular weight is 250 g/mol. The molecule has 0 aliphatic rings. The highest BCUT2D eigenvalue weighted by atomic mass is 16.5. The third-order valence-electron chi connectivity index (χ3n) is 2.89. The molecule has 0 aliphatic carbocycles. The van der Waals surface area contributed by atoms with E-state index in [-0.39, 0.29) is 11.8 Å². The number of rotatable bonds is 6. The van der Waals surface area contributed by atoms with Crippen LogP contribution < -0.4 is 15.8 Å². The highest BCUT2D eigenvalue weighted by molar-refractivity contribution is 5.81. The van der Waals surface area contributed by atoms with Gasteiger partial charge in [0.15, 0.2) is 0 Å². The second-order valence-electron chi connectivity index (χ2n) is 4.66. The van der Waals surface area contributed by atoms with Gasteiger partial charge in [-0.1, -0.05) is 26.0 Å². The highest BCUT2D eigenvalue weighted by Crippen LogP contribution is 2.11. The lowest BCUT2D eigenvalue weighted by molar-refractivity contribution is -0.123. The first-order chi connectivity index (χ1) is 8.54. The summed E-state index contributed by atoms with van der Waals surface area (Å²) in [5, 5.41) is 2.85. The Morgan fingerprint density at radius 3 is 2.44 bits per heavy atom. The summed E-state index contributed by atoms with van der Waals surface area (Å²) in [6.07, 6.45) is 0.792. The number of ether oxygens (including phenoxy) is 1. The second kappa shape index (κ2) is 7.01. The number of amides is 1. The SMILES string of the molecule is COc1ccc(CCNC(=O)C(N)C(C)C)cc1. The van der Waals surface area contributed by atoms with Gasteiger partial charge in [-0.15, -0.1) is 0 Å². The molecule has 4 nitrogen and oxygen atoms in total. The van der Waals surface area contributed by atoms with Crippen LogP contribution in [0, 0.1) is 5.92 Å². The quantitative estimate of drug-likeness (QED) is 0.800. The van der Waals surface area contributed by atoms with Crippen LogP contribution in [-0.2, 0) is 11.2 Å². The first kappa shape index (κ1) is 14.5. The zero-order chi connectivity index (χ0) is 13.5. The third-order valence-corrected chi connectivity index (χ3v) is 2.89. The lowest BCUT2D eigenvalue weighted by atomic mass is 10.0. The van der Waals surface area contributed by atoms with Crippen LogP contribution in [0.25, 0.3) is 0 Å². The van der Waals surface area contributed by atoms with Crippen molar-refractivity contribution in [1.29, 1.82) is 0 Å². The summed E-state index contributed by atoms with van der Waals surface area (Å²) in [4.78, 5) is 11.6. The van der Waals surface area contributed by atoms with Gasteiger partial charge in [0, 0.05) is 6.54 Å². The molecule has 1 aromatic carbocycles. The summed E-state index contributed by atoms with van der Waals surface area (Å²) in [6, 6.07) is 7.38. The summed E-state index contributed by atoms with van der Waals surface area (Å²) in [7, 11) is 1.64. The highest BCUT2D eigenvalue weighted by Gasteiger charge is 2.16. The van der Waals surface area contributed by atoms with E-state index in [0.717, 1.165) is 17.7 Å². The van der Waals surface area contributed by atoms with Gasteiger partial charge in [0.25, 0.3) is 0 Å². The predicted octanol–water partition coefficient (Wildman–Crippen LogP) is 1.34. The molecular weight excluding hydrogens is 228 g/mol. The van der Waals surface area contributed by atoms with Crippen LogP contribution in [0.4, 0.5) is 0 Å². The van der Waals surface area contributed by atoms with Crippen LogP contribution in [0.5, 0.6) is 5.75 Å². The van der Waals surface area contributed by atoms with Crippen molar-refractivity contribution < 1.29 is 9.53 Å². The molecule has 1 unspecified atom stereocenters. The topological polar surface area (TPSA) is 64.3 Å². The predicted molar refractivity (Wildman–Crippen MR) is 72.5 cm³/mol. The molecule has 1 aromatic rings. The summed E-state index contributed by atoms with van der Waals surface area (Å²) in [5.41, 5.74) is 6.91. The fourth-order valence-corrected chi connectivity index (χ4v) is 1.54. The van der Waals surface area contributed by atoms with Crippen molar-refractivity contribution in [2.75, 3.05) is 13.7 Å². The van der Waals surface area contributed by atoms with E-state index in [1.54, 1.807) is 7.11 Å². The summed E-state index contributed by atoms with van der Waals surface area (Å²) in [5.74, 6) is 0.911. The van der Waals surface area contributed by atoms with Crippen molar-refractivity contribution in [1.82, 2.24) is 5.32 Å². The summed E-state index contributed by atoms with van der Waals surface area (Å²) < 4.78 is 5.08. The van der Waals surface area contributed by atoms with Gasteiger partial charge >= 0.3 is 0 Å². The number of nitrogens with one attached hydrogen (secondary N) is 1. The number of methoxy groups -OCH3 is 1. The maximum atomic E-state index is 11.6. The minimum absolute atomic E-state index is 0.0847. The van der Waals surface area contributed by atoms with Crippen LogP contribution in [0.3, 0.4) is 0 Å². The van der Waals surface area contributed by atoms with Gasteiger partial charge in [-0.05, 0) is 30.0 Å². The summed E-state index contributed by atoms with van der Waals surface area (Å²) in [6.45, 7) is 4.48. The summed E-state index contributed by atoms with van der Waals surface area (Å²) >= 11 is 0. The average Bonchev–Trinajstić information content (AvgIpc) is 2.38. The molecule has 0 bridgehead atoms. The van der Waals surface area contributed by atoms with Crippen molar-refractivity contribution in [3.8, 4) is 5.75 Å². The molecule has 0 radical (unpaired) electrons. The third kappa shape index (κ3) is 4.37. The van der Waals surface area contributed by atoms with Crippen LogP contribution in [0.1, 0.15) is 19.4 Å². The van der Waals surface area contributed by atoms with E-state index in [0.29, 0.717) is 6.54 Å². The molecule has 0 heterocycles. The Bertz CT molecular complexity index is 374. The normalized spacial score (nSPS) is 12.3. The Balaban J connectivity index is 2.35. The van der Waals surface area contributed by atoms with Crippen molar-refractivity contribution in [2.45, 2.75) is 26.3 Å². The maximum absolute atomic E-state index is 11.6. The molecule has 0 saturated carbocycles. The van der Waals surface area contributed by atoms with Crippen molar-refractivity contribution in [3.63, 3.8) is 0 Å². The fraction of sp³-hybridized carbons (Fsp3) is 0.500. The smallest absolute Gasteiger partial charge is 0.237 e. The van der Waals surface area contributed by atoms with Crippen LogP contribution in [0.15, 0.2) is 24.3 Å². The zero-order valence-electron chi connectivity index (χ0n) is 11.3. The van der Waals surface area contributed by atoms with E-state index in [2.05, 4.69) is 5.32 Å². The number of benzene rings is 1. The van der Waals surface area contributed by atoms with Crippen LogP contribution in [0.2, 0.25) is 0 Å². The lowest BCUT2D eigenvalue weighted by Gasteiger charge is -2.15. The first-order valence-corrected chi connectivity index (χ1v) is 6.21. The van der Waals surface area contributed by atoms with E-state index in [4.69, 9.17) is 10.5 Å². The molecule has 1 rings (SSSR count). The van der Waals surface area contributed by atoms with Gasteiger partial charge in [-0.25, -0.2) is 0 Å². The van der Waals surface area contributed by atoms with E-state index in [9.17, 15) is 4.79 Å². The zero-order valence-corrected chi connectivity index (χ0v) is 11.3. The van der Waals surface area contributed by atoms with E-state index >= 15 is 0 Å². The molecule has 0 aliphatic heterocycles. The van der Waals surface area contributed by atoms with Gasteiger partial charge in [-0.2, -0.15) is 0 Å². The standard InChI is InChI=1S/C14H22N2O2/c1-10(2)13(15)14(17)16-9-8-11-4-6-12(18-3)7-5-11/h4-7,10,13H,8-9,15H2,1-3H3,(H,16,17). The minimum Gasteiger partial charge on any atom is -0.497 e. The van der Waals surface area contributed by atoms with Gasteiger partial charge in [0.2, 0.25) is 5.91 Å². The Kier molecular flexibility index (Phi) is 5.65. The molecule has 4 heteroatoms. The Morgan fingerprint density at radius 2 is 1.94 bits per heavy atom. The largest absolute Gasteiger partial charge is 0.497 e. The first-order valence-electron chi connectivity index (χ1n) is 6.21. The number of hydrogen-bond donors (Lipinski definition) is 2. The molecule has 3 N–H and O–H groups in total. The maximum Gasteiger partial charge on any atom is 0.237 e. The Morgan fingerprint density at radius 1 is 1.33 bits per heavy atom. The number of carbonyl (C=O) groups excluding carboxylic acids is 1. The fourth-order valence-electron chi connectivity index (χ4n) is 1.54. The number of nitrogens with two attached hydrogens (primary N) is 1. The molecule has 0 saturated heterocycles. The molecule has 1 atom stereocenters. The number of carbonyl (C=O) groups is 1. The molecular formula is C14H22N2O2. The van der Waals surface area contributed by atoms with E-state index < -0.39 is 6.04 Å². The van der Waals surface area contributed by atoms with Crippen molar-refractivity contribution in [2.24, 2.45) is 11.7 Å². The monoisotopic (exact) mass is 250 g/mol. The van der Waals surface area contributed by atoms with Crippen LogP contribution in [-0.4, -0.2) is 25.6 Å². The van der Waals surface area contributed by atoms with Gasteiger partial charge in [0.05, 0.1) is 13.2 Å². The van der Waals surface area contributed by atoms with Gasteiger partial charge in [0.1, 0.15) is 5.75 Å².